The van der Waals surface area contributed by atoms with Crippen molar-refractivity contribution in [2.24, 2.45) is 0 Å². The average Bonchev–Trinajstić information content (AvgIpc) is 2.40. The summed E-state index contributed by atoms with van der Waals surface area (Å²) in [5.74, 6) is 0.753. The van der Waals surface area contributed by atoms with Crippen molar-refractivity contribution in [3.8, 4) is 0 Å². The van der Waals surface area contributed by atoms with E-state index in [0.717, 1.165) is 25.2 Å². The molecule has 0 aromatic heterocycles. The number of aliphatic hydroxyl groups excluding tert-OH is 1. The SMILES string of the molecule is OC1CCCc2ccc(C3CCCCC3)cc21. The molecule has 1 saturated carbocycles. The fourth-order valence-corrected chi connectivity index (χ4v) is 3.48. The molecule has 0 spiro atoms. The predicted octanol–water partition coefficient (Wildman–Crippen LogP) is 4.10. The smallest absolute Gasteiger partial charge is 0.0792 e. The third-order valence-corrected chi connectivity index (χ3v) is 4.53. The van der Waals surface area contributed by atoms with Crippen LogP contribution in [0.15, 0.2) is 18.2 Å². The highest BCUT2D eigenvalue weighted by molar-refractivity contribution is 5.37. The highest BCUT2D eigenvalue weighted by Crippen LogP contribution is 2.36. The summed E-state index contributed by atoms with van der Waals surface area (Å²) in [5.41, 5.74) is 4.08. The molecule has 1 fully saturated rings. The van der Waals surface area contributed by atoms with Crippen molar-refractivity contribution in [3.63, 3.8) is 0 Å². The van der Waals surface area contributed by atoms with Crippen molar-refractivity contribution in [2.75, 3.05) is 0 Å². The maximum Gasteiger partial charge on any atom is 0.0792 e. The van der Waals surface area contributed by atoms with E-state index in [4.69, 9.17) is 0 Å². The molecule has 1 N–H and O–H groups in total. The van der Waals surface area contributed by atoms with Crippen LogP contribution in [0.25, 0.3) is 0 Å². The average molecular weight is 230 g/mol. The molecular formula is C16H22O. The Labute approximate surface area is 104 Å². The number of hydrogen-bond acceptors (Lipinski definition) is 1. The lowest BCUT2D eigenvalue weighted by Crippen LogP contribution is -2.11. The van der Waals surface area contributed by atoms with Gasteiger partial charge in [0.05, 0.1) is 6.10 Å². The zero-order valence-corrected chi connectivity index (χ0v) is 10.5. The van der Waals surface area contributed by atoms with Gasteiger partial charge in [-0.2, -0.15) is 0 Å². The summed E-state index contributed by atoms with van der Waals surface area (Å²) in [5, 5.41) is 10.1. The van der Waals surface area contributed by atoms with Gasteiger partial charge in [0.1, 0.15) is 0 Å². The van der Waals surface area contributed by atoms with Gasteiger partial charge < -0.3 is 5.11 Å². The number of aliphatic hydroxyl groups is 1. The van der Waals surface area contributed by atoms with Crippen LogP contribution in [-0.4, -0.2) is 5.11 Å². The number of rotatable bonds is 1. The fraction of sp³-hybridized carbons (Fsp3) is 0.625. The molecule has 92 valence electrons. The first-order chi connectivity index (χ1) is 8.34. The van der Waals surface area contributed by atoms with Crippen LogP contribution in [0.5, 0.6) is 0 Å². The molecule has 1 nitrogen and oxygen atoms in total. The van der Waals surface area contributed by atoms with Crippen LogP contribution < -0.4 is 0 Å². The number of benzene rings is 1. The van der Waals surface area contributed by atoms with Crippen molar-refractivity contribution in [2.45, 2.75) is 63.4 Å². The highest BCUT2D eigenvalue weighted by Gasteiger charge is 2.21. The molecule has 0 saturated heterocycles. The van der Waals surface area contributed by atoms with Crippen molar-refractivity contribution in [1.82, 2.24) is 0 Å². The summed E-state index contributed by atoms with van der Waals surface area (Å²) in [7, 11) is 0. The molecule has 0 radical (unpaired) electrons. The minimum Gasteiger partial charge on any atom is -0.388 e. The Morgan fingerprint density at radius 3 is 2.59 bits per heavy atom. The number of aryl methyl sites for hydroxylation is 1. The van der Waals surface area contributed by atoms with Crippen LogP contribution in [0.2, 0.25) is 0 Å². The second-order valence-electron chi connectivity index (χ2n) is 5.70. The quantitative estimate of drug-likeness (QED) is 0.770. The molecule has 17 heavy (non-hydrogen) atoms. The Morgan fingerprint density at radius 2 is 1.76 bits per heavy atom. The van der Waals surface area contributed by atoms with Gasteiger partial charge in [-0.05, 0) is 54.7 Å². The highest BCUT2D eigenvalue weighted by atomic mass is 16.3. The largest absolute Gasteiger partial charge is 0.388 e. The van der Waals surface area contributed by atoms with E-state index in [-0.39, 0.29) is 6.10 Å². The summed E-state index contributed by atoms with van der Waals surface area (Å²) in [6.07, 6.45) is 9.87. The lowest BCUT2D eigenvalue weighted by Gasteiger charge is -2.26. The van der Waals surface area contributed by atoms with Gasteiger partial charge >= 0.3 is 0 Å². The lowest BCUT2D eigenvalue weighted by atomic mass is 9.81. The van der Waals surface area contributed by atoms with Gasteiger partial charge in [-0.15, -0.1) is 0 Å². The Hall–Kier alpha value is -0.820. The van der Waals surface area contributed by atoms with Gasteiger partial charge in [0.15, 0.2) is 0 Å². The molecule has 0 amide bonds. The normalized spacial score (nSPS) is 25.6. The van der Waals surface area contributed by atoms with Gasteiger partial charge in [-0.25, -0.2) is 0 Å². The topological polar surface area (TPSA) is 20.2 Å². The predicted molar refractivity (Wildman–Crippen MR) is 70.2 cm³/mol. The van der Waals surface area contributed by atoms with Crippen LogP contribution in [0.1, 0.15) is 73.7 Å². The summed E-state index contributed by atoms with van der Waals surface area (Å²) >= 11 is 0. The first kappa shape index (κ1) is 11.3. The Balaban J connectivity index is 1.88. The maximum absolute atomic E-state index is 10.1. The van der Waals surface area contributed by atoms with Crippen molar-refractivity contribution in [3.05, 3.63) is 34.9 Å². The molecule has 0 heterocycles. The molecule has 2 aliphatic carbocycles. The minimum atomic E-state index is -0.206. The third kappa shape index (κ3) is 2.26. The van der Waals surface area contributed by atoms with Gasteiger partial charge in [0, 0.05) is 0 Å². The Kier molecular flexibility index (Phi) is 3.19. The molecule has 1 aromatic rings. The summed E-state index contributed by atoms with van der Waals surface area (Å²) in [4.78, 5) is 0. The summed E-state index contributed by atoms with van der Waals surface area (Å²) in [6.45, 7) is 0. The van der Waals surface area contributed by atoms with Gasteiger partial charge in [-0.1, -0.05) is 37.5 Å². The minimum absolute atomic E-state index is 0.206. The maximum atomic E-state index is 10.1. The van der Waals surface area contributed by atoms with E-state index in [0.29, 0.717) is 0 Å². The van der Waals surface area contributed by atoms with Gasteiger partial charge in [-0.3, -0.25) is 0 Å². The molecule has 0 bridgehead atoms. The molecule has 3 rings (SSSR count). The van der Waals surface area contributed by atoms with E-state index in [1.165, 1.54) is 48.8 Å². The Morgan fingerprint density at radius 1 is 0.941 bits per heavy atom. The van der Waals surface area contributed by atoms with E-state index in [2.05, 4.69) is 18.2 Å². The zero-order valence-electron chi connectivity index (χ0n) is 10.5. The van der Waals surface area contributed by atoms with Crippen LogP contribution >= 0.6 is 0 Å². The molecule has 1 atom stereocenters. The molecule has 1 aromatic carbocycles. The molecular weight excluding hydrogens is 208 g/mol. The molecule has 0 aliphatic heterocycles. The van der Waals surface area contributed by atoms with Gasteiger partial charge in [0.2, 0.25) is 0 Å². The fourth-order valence-electron chi connectivity index (χ4n) is 3.48. The van der Waals surface area contributed by atoms with Crippen molar-refractivity contribution < 1.29 is 5.11 Å². The second-order valence-corrected chi connectivity index (χ2v) is 5.70. The standard InChI is InChI=1S/C16H22O/c17-16-8-4-7-13-9-10-14(11-15(13)16)12-5-2-1-3-6-12/h9-12,16-17H,1-8H2. The first-order valence-electron chi connectivity index (χ1n) is 7.15. The van der Waals surface area contributed by atoms with Crippen molar-refractivity contribution in [1.29, 1.82) is 0 Å². The Bertz CT molecular complexity index is 391. The number of fused-ring (bicyclic) bond motifs is 1. The second kappa shape index (κ2) is 4.81. The van der Waals surface area contributed by atoms with E-state index >= 15 is 0 Å². The van der Waals surface area contributed by atoms with E-state index in [9.17, 15) is 5.11 Å². The number of hydrogen-bond donors (Lipinski definition) is 1. The third-order valence-electron chi connectivity index (χ3n) is 4.53. The van der Waals surface area contributed by atoms with Crippen LogP contribution in [-0.2, 0) is 6.42 Å². The van der Waals surface area contributed by atoms with Crippen LogP contribution in [0.3, 0.4) is 0 Å². The van der Waals surface area contributed by atoms with Gasteiger partial charge in [0.25, 0.3) is 0 Å². The molecule has 1 unspecified atom stereocenters. The lowest BCUT2D eigenvalue weighted by molar-refractivity contribution is 0.156. The van der Waals surface area contributed by atoms with Crippen molar-refractivity contribution >= 4 is 0 Å². The first-order valence-corrected chi connectivity index (χ1v) is 7.15. The van der Waals surface area contributed by atoms with Crippen LogP contribution in [0, 0.1) is 0 Å². The monoisotopic (exact) mass is 230 g/mol. The zero-order chi connectivity index (χ0) is 11.7. The molecule has 2 aliphatic rings. The van der Waals surface area contributed by atoms with E-state index < -0.39 is 0 Å². The summed E-state index contributed by atoms with van der Waals surface area (Å²) < 4.78 is 0. The van der Waals surface area contributed by atoms with E-state index in [1.54, 1.807) is 0 Å². The molecule has 1 heteroatoms. The summed E-state index contributed by atoms with van der Waals surface area (Å²) in [6, 6.07) is 6.88. The van der Waals surface area contributed by atoms with Crippen LogP contribution in [0.4, 0.5) is 0 Å². The van der Waals surface area contributed by atoms with E-state index in [1.807, 2.05) is 0 Å².